The van der Waals surface area contributed by atoms with Crippen molar-refractivity contribution in [3.63, 3.8) is 0 Å². The molecule has 32 heavy (non-hydrogen) atoms. The Bertz CT molecular complexity index is 1080. The van der Waals surface area contributed by atoms with Crippen LogP contribution in [-0.4, -0.2) is 34.5 Å². The van der Waals surface area contributed by atoms with Gasteiger partial charge in [0.2, 0.25) is 6.79 Å². The summed E-state index contributed by atoms with van der Waals surface area (Å²) in [5.41, 5.74) is 2.60. The van der Waals surface area contributed by atoms with Crippen LogP contribution in [0.3, 0.4) is 0 Å². The predicted octanol–water partition coefficient (Wildman–Crippen LogP) is 4.73. The number of aliphatic hydroxyl groups is 1. The van der Waals surface area contributed by atoms with Crippen molar-refractivity contribution < 1.29 is 24.2 Å². The molecule has 5 rings (SSSR count). The van der Waals surface area contributed by atoms with Crippen molar-refractivity contribution in [2.45, 2.75) is 57.5 Å². The van der Waals surface area contributed by atoms with Crippen LogP contribution in [0.25, 0.3) is 5.76 Å². The Labute approximate surface area is 187 Å². The number of rotatable bonds is 4. The summed E-state index contributed by atoms with van der Waals surface area (Å²) in [6.07, 6.45) is 5.88. The third-order valence-corrected chi connectivity index (χ3v) is 6.80. The highest BCUT2D eigenvalue weighted by Crippen LogP contribution is 2.44. The Morgan fingerprint density at radius 1 is 1.00 bits per heavy atom. The highest BCUT2D eigenvalue weighted by molar-refractivity contribution is 6.46. The van der Waals surface area contributed by atoms with Gasteiger partial charge >= 0.3 is 0 Å². The molecular weight excluding hydrogens is 406 g/mol. The number of ketones is 1. The number of amides is 1. The summed E-state index contributed by atoms with van der Waals surface area (Å²) < 4.78 is 10.8. The molecule has 1 amide bonds. The molecule has 0 aromatic heterocycles. The summed E-state index contributed by atoms with van der Waals surface area (Å²) in [5, 5.41) is 11.3. The number of carbonyl (C=O) groups is 2. The molecule has 2 aromatic carbocycles. The quantitative estimate of drug-likeness (QED) is 0.429. The second kappa shape index (κ2) is 8.34. The van der Waals surface area contributed by atoms with Crippen molar-refractivity contribution in [2.75, 3.05) is 6.79 Å². The number of fused-ring (bicyclic) bond motifs is 1. The first-order valence-corrected chi connectivity index (χ1v) is 11.4. The Morgan fingerprint density at radius 2 is 1.72 bits per heavy atom. The normalized spacial score (nSPS) is 22.5. The Kier molecular flexibility index (Phi) is 5.37. The summed E-state index contributed by atoms with van der Waals surface area (Å²) in [7, 11) is 0. The molecule has 2 heterocycles. The second-order valence-corrected chi connectivity index (χ2v) is 8.66. The van der Waals surface area contributed by atoms with Crippen LogP contribution in [0.15, 0.2) is 48.0 Å². The number of carbonyl (C=O) groups excluding carboxylic acids is 2. The largest absolute Gasteiger partial charge is 0.507 e. The molecule has 166 valence electrons. The maximum atomic E-state index is 13.2. The highest BCUT2D eigenvalue weighted by Gasteiger charge is 2.48. The number of likely N-dealkylation sites (tertiary alicyclic amines) is 1. The molecule has 1 unspecified atom stereocenters. The average molecular weight is 434 g/mol. The minimum atomic E-state index is -0.629. The fourth-order valence-electron chi connectivity index (χ4n) is 5.05. The van der Waals surface area contributed by atoms with Crippen molar-refractivity contribution >= 4 is 17.4 Å². The van der Waals surface area contributed by atoms with Gasteiger partial charge in [-0.2, -0.15) is 0 Å². The van der Waals surface area contributed by atoms with Gasteiger partial charge in [-0.25, -0.2) is 0 Å². The molecule has 1 atom stereocenters. The monoisotopic (exact) mass is 433 g/mol. The number of ether oxygens (including phenoxy) is 2. The minimum absolute atomic E-state index is 0.00175. The lowest BCUT2D eigenvalue weighted by Crippen LogP contribution is -2.40. The first kappa shape index (κ1) is 20.6. The summed E-state index contributed by atoms with van der Waals surface area (Å²) in [6, 6.07) is 12.4. The molecule has 2 aromatic rings. The first-order chi connectivity index (χ1) is 15.6. The lowest BCUT2D eigenvalue weighted by Gasteiger charge is -2.35. The summed E-state index contributed by atoms with van der Waals surface area (Å²) in [5.74, 6) is -0.223. The topological polar surface area (TPSA) is 76.1 Å². The van der Waals surface area contributed by atoms with E-state index < -0.39 is 17.7 Å². The predicted molar refractivity (Wildman–Crippen MR) is 119 cm³/mol. The van der Waals surface area contributed by atoms with Gasteiger partial charge in [-0.15, -0.1) is 0 Å². The number of nitrogens with zero attached hydrogens (tertiary/aromatic N) is 1. The first-order valence-electron chi connectivity index (χ1n) is 11.4. The molecule has 3 aliphatic rings. The lowest BCUT2D eigenvalue weighted by atomic mass is 9.90. The average Bonchev–Trinajstić information content (AvgIpc) is 3.41. The fourth-order valence-corrected chi connectivity index (χ4v) is 5.05. The third kappa shape index (κ3) is 3.44. The van der Waals surface area contributed by atoms with E-state index in [1.54, 1.807) is 23.1 Å². The van der Waals surface area contributed by atoms with E-state index in [0.717, 1.165) is 44.1 Å². The van der Waals surface area contributed by atoms with Gasteiger partial charge in [-0.05, 0) is 48.6 Å². The van der Waals surface area contributed by atoms with Crippen molar-refractivity contribution in [3.8, 4) is 11.5 Å². The number of hydrogen-bond donors (Lipinski definition) is 1. The number of aryl methyl sites for hydroxylation is 1. The number of aliphatic hydroxyl groups excluding tert-OH is 1. The van der Waals surface area contributed by atoms with Gasteiger partial charge in [-0.1, -0.05) is 50.5 Å². The molecule has 0 radical (unpaired) electrons. The molecule has 2 aliphatic heterocycles. The lowest BCUT2D eigenvalue weighted by molar-refractivity contribution is -0.141. The van der Waals surface area contributed by atoms with Gasteiger partial charge in [0.05, 0.1) is 11.6 Å². The molecule has 1 saturated heterocycles. The van der Waals surface area contributed by atoms with Gasteiger partial charge in [0.25, 0.3) is 11.7 Å². The van der Waals surface area contributed by atoms with Crippen LogP contribution < -0.4 is 9.47 Å². The zero-order chi connectivity index (χ0) is 22.2. The van der Waals surface area contributed by atoms with E-state index in [4.69, 9.17) is 9.47 Å². The Balaban J connectivity index is 1.63. The maximum Gasteiger partial charge on any atom is 0.295 e. The molecule has 6 nitrogen and oxygen atoms in total. The molecule has 1 saturated carbocycles. The van der Waals surface area contributed by atoms with Crippen LogP contribution in [0.4, 0.5) is 0 Å². The standard InChI is InChI=1S/C26H27NO5/c1-2-16-8-10-17(11-9-16)23-22(24(28)18-12-13-20-21(14-18)32-15-31-20)25(29)26(30)27(23)19-6-4-3-5-7-19/h8-14,19,23,28H,2-7,15H2,1H3/b24-22-. The molecular formula is C26H27NO5. The Hall–Kier alpha value is -3.28. The van der Waals surface area contributed by atoms with Crippen molar-refractivity contribution in [2.24, 2.45) is 0 Å². The smallest absolute Gasteiger partial charge is 0.295 e. The zero-order valence-corrected chi connectivity index (χ0v) is 18.2. The van der Waals surface area contributed by atoms with Gasteiger partial charge < -0.3 is 19.5 Å². The zero-order valence-electron chi connectivity index (χ0n) is 18.2. The van der Waals surface area contributed by atoms with Crippen LogP contribution >= 0.6 is 0 Å². The van der Waals surface area contributed by atoms with E-state index in [9.17, 15) is 14.7 Å². The van der Waals surface area contributed by atoms with Crippen LogP contribution in [0, 0.1) is 0 Å². The van der Waals surface area contributed by atoms with Gasteiger partial charge in [0.15, 0.2) is 11.5 Å². The second-order valence-electron chi connectivity index (χ2n) is 8.66. The van der Waals surface area contributed by atoms with E-state index >= 15 is 0 Å². The molecule has 2 fully saturated rings. The molecule has 0 spiro atoms. The maximum absolute atomic E-state index is 13.2. The van der Waals surface area contributed by atoms with Crippen molar-refractivity contribution in [3.05, 3.63) is 64.7 Å². The molecule has 1 N–H and O–H groups in total. The van der Waals surface area contributed by atoms with Crippen LogP contribution in [-0.2, 0) is 16.0 Å². The fraction of sp³-hybridized carbons (Fsp3) is 0.385. The minimum Gasteiger partial charge on any atom is -0.507 e. The van der Waals surface area contributed by atoms with Gasteiger partial charge in [-0.3, -0.25) is 9.59 Å². The van der Waals surface area contributed by atoms with Gasteiger partial charge in [0.1, 0.15) is 5.76 Å². The van der Waals surface area contributed by atoms with Gasteiger partial charge in [0, 0.05) is 11.6 Å². The Morgan fingerprint density at radius 3 is 2.44 bits per heavy atom. The van der Waals surface area contributed by atoms with Crippen molar-refractivity contribution in [1.82, 2.24) is 4.90 Å². The van der Waals surface area contributed by atoms with E-state index in [0.29, 0.717) is 17.1 Å². The van der Waals surface area contributed by atoms with E-state index in [1.165, 1.54) is 5.56 Å². The van der Waals surface area contributed by atoms with Crippen molar-refractivity contribution in [1.29, 1.82) is 0 Å². The number of Topliss-reactive ketones (excluding diaryl/α,β-unsaturated/α-hetero) is 1. The van der Waals surface area contributed by atoms with Crippen LogP contribution in [0.2, 0.25) is 0 Å². The van der Waals surface area contributed by atoms with E-state index in [-0.39, 0.29) is 24.2 Å². The highest BCUT2D eigenvalue weighted by atomic mass is 16.7. The van der Waals surface area contributed by atoms with Crippen LogP contribution in [0.1, 0.15) is 61.8 Å². The van der Waals surface area contributed by atoms with E-state index in [1.807, 2.05) is 24.3 Å². The summed E-state index contributed by atoms with van der Waals surface area (Å²) in [6.45, 7) is 2.21. The summed E-state index contributed by atoms with van der Waals surface area (Å²) in [4.78, 5) is 28.2. The summed E-state index contributed by atoms with van der Waals surface area (Å²) >= 11 is 0. The SMILES string of the molecule is CCc1ccc(C2/C(=C(/O)c3ccc4c(c3)OCO4)C(=O)C(=O)N2C2CCCCC2)cc1. The molecule has 6 heteroatoms. The third-order valence-electron chi connectivity index (χ3n) is 6.80. The molecule has 1 aliphatic carbocycles. The number of benzene rings is 2. The van der Waals surface area contributed by atoms with E-state index in [2.05, 4.69) is 6.92 Å². The van der Waals surface area contributed by atoms with Crippen LogP contribution in [0.5, 0.6) is 11.5 Å². The number of hydrogen-bond acceptors (Lipinski definition) is 5. The molecule has 0 bridgehead atoms.